The summed E-state index contributed by atoms with van der Waals surface area (Å²) in [6.07, 6.45) is 5.75. The molecule has 0 aliphatic heterocycles. The molecule has 0 bridgehead atoms. The van der Waals surface area contributed by atoms with Crippen LogP contribution in [-0.4, -0.2) is 15.4 Å². The van der Waals surface area contributed by atoms with Crippen molar-refractivity contribution in [2.45, 2.75) is 52.1 Å². The second kappa shape index (κ2) is 4.32. The number of nitrogens with zero attached hydrogens (tertiary/aromatic N) is 2. The molecular weight excluding hydrogens is 254 g/mol. The highest BCUT2D eigenvalue weighted by molar-refractivity contribution is 7.15. The van der Waals surface area contributed by atoms with E-state index in [0.29, 0.717) is 0 Å². The van der Waals surface area contributed by atoms with Crippen LogP contribution in [0, 0.1) is 25.7 Å². The van der Waals surface area contributed by atoms with Gasteiger partial charge < -0.3 is 5.32 Å². The van der Waals surface area contributed by atoms with Crippen molar-refractivity contribution in [1.82, 2.24) is 14.7 Å². The number of fused-ring (bicyclic) bond motifs is 1. The molecule has 0 unspecified atom stereocenters. The molecule has 2 fully saturated rings. The average molecular weight is 275 g/mol. The second-order valence-corrected chi connectivity index (χ2v) is 7.06. The van der Waals surface area contributed by atoms with Gasteiger partial charge in [-0.2, -0.15) is 0 Å². The zero-order valence-corrected chi connectivity index (χ0v) is 12.5. The van der Waals surface area contributed by atoms with Crippen LogP contribution in [0.25, 0.3) is 4.96 Å². The lowest BCUT2D eigenvalue weighted by Crippen LogP contribution is -2.33. The molecule has 0 spiro atoms. The molecule has 3 nitrogen and oxygen atoms in total. The van der Waals surface area contributed by atoms with Gasteiger partial charge in [-0.25, -0.2) is 4.98 Å². The van der Waals surface area contributed by atoms with Gasteiger partial charge in [-0.15, -0.1) is 11.3 Å². The summed E-state index contributed by atoms with van der Waals surface area (Å²) in [7, 11) is 0. The van der Waals surface area contributed by atoms with E-state index in [9.17, 15) is 0 Å². The normalized spacial score (nSPS) is 19.7. The Bertz CT molecular complexity index is 592. The highest BCUT2D eigenvalue weighted by atomic mass is 32.1. The van der Waals surface area contributed by atoms with Crippen molar-refractivity contribution in [3.8, 4) is 0 Å². The first-order valence-electron chi connectivity index (χ1n) is 7.39. The van der Waals surface area contributed by atoms with Gasteiger partial charge in [0.2, 0.25) is 0 Å². The molecule has 102 valence electrons. The van der Waals surface area contributed by atoms with Crippen molar-refractivity contribution in [3.63, 3.8) is 0 Å². The predicted molar refractivity (Wildman–Crippen MR) is 78.6 cm³/mol. The molecule has 2 aromatic rings. The number of aryl methyl sites for hydroxylation is 2. The monoisotopic (exact) mass is 275 g/mol. The lowest BCUT2D eigenvalue weighted by molar-refractivity contribution is 0.412. The summed E-state index contributed by atoms with van der Waals surface area (Å²) in [5.74, 6) is 1.92. The van der Waals surface area contributed by atoms with E-state index in [4.69, 9.17) is 0 Å². The van der Waals surface area contributed by atoms with Crippen molar-refractivity contribution < 1.29 is 0 Å². The average Bonchev–Trinajstić information content (AvgIpc) is 3.28. The van der Waals surface area contributed by atoms with Gasteiger partial charge in [-0.05, 0) is 51.4 Å². The van der Waals surface area contributed by atoms with Gasteiger partial charge in [-0.3, -0.25) is 4.40 Å². The van der Waals surface area contributed by atoms with Crippen LogP contribution in [0.5, 0.6) is 0 Å². The minimum Gasteiger partial charge on any atom is -0.308 e. The molecule has 2 heterocycles. The largest absolute Gasteiger partial charge is 0.308 e. The fraction of sp³-hybridized carbons (Fsp3) is 0.667. The molecule has 0 saturated heterocycles. The third kappa shape index (κ3) is 2.11. The highest BCUT2D eigenvalue weighted by Gasteiger charge is 2.41. The number of hydrogen-bond donors (Lipinski definition) is 1. The molecule has 19 heavy (non-hydrogen) atoms. The van der Waals surface area contributed by atoms with Crippen molar-refractivity contribution in [2.75, 3.05) is 0 Å². The molecular formula is C15H21N3S. The number of thiazole rings is 1. The Morgan fingerprint density at radius 1 is 1.32 bits per heavy atom. The maximum atomic E-state index is 4.67. The summed E-state index contributed by atoms with van der Waals surface area (Å²) in [4.78, 5) is 5.81. The zero-order valence-electron chi connectivity index (χ0n) is 11.6. The summed E-state index contributed by atoms with van der Waals surface area (Å²) < 4.78 is 2.32. The van der Waals surface area contributed by atoms with E-state index in [1.54, 1.807) is 11.3 Å². The van der Waals surface area contributed by atoms with E-state index >= 15 is 0 Å². The van der Waals surface area contributed by atoms with Crippen LogP contribution in [0.3, 0.4) is 0 Å². The zero-order chi connectivity index (χ0) is 13.0. The third-order valence-electron chi connectivity index (χ3n) is 4.59. The molecule has 0 amide bonds. The van der Waals surface area contributed by atoms with E-state index in [0.717, 1.165) is 29.4 Å². The molecule has 1 N–H and O–H groups in total. The van der Waals surface area contributed by atoms with Crippen LogP contribution >= 0.6 is 11.3 Å². The molecule has 0 aromatic carbocycles. The maximum Gasteiger partial charge on any atom is 0.194 e. The Morgan fingerprint density at radius 3 is 2.63 bits per heavy atom. The summed E-state index contributed by atoms with van der Waals surface area (Å²) in [5, 5.41) is 6.04. The maximum absolute atomic E-state index is 4.67. The topological polar surface area (TPSA) is 29.3 Å². The van der Waals surface area contributed by atoms with Gasteiger partial charge in [0.05, 0.1) is 11.4 Å². The molecule has 2 aliphatic rings. The van der Waals surface area contributed by atoms with Crippen LogP contribution in [0.1, 0.15) is 42.8 Å². The van der Waals surface area contributed by atoms with E-state index in [1.165, 1.54) is 42.8 Å². The molecule has 0 atom stereocenters. The second-order valence-electron chi connectivity index (χ2n) is 6.22. The van der Waals surface area contributed by atoms with Crippen LogP contribution in [0.15, 0.2) is 5.38 Å². The lowest BCUT2D eigenvalue weighted by Gasteiger charge is -2.17. The number of aromatic nitrogens is 2. The van der Waals surface area contributed by atoms with Gasteiger partial charge in [0.25, 0.3) is 0 Å². The van der Waals surface area contributed by atoms with Crippen LogP contribution in [0.4, 0.5) is 0 Å². The van der Waals surface area contributed by atoms with Crippen molar-refractivity contribution >= 4 is 16.3 Å². The number of imidazole rings is 1. The first-order chi connectivity index (χ1) is 9.24. The first-order valence-corrected chi connectivity index (χ1v) is 8.27. The predicted octanol–water partition coefficient (Wildman–Crippen LogP) is 3.29. The molecule has 4 rings (SSSR count). The minimum atomic E-state index is 0.767. The fourth-order valence-corrected chi connectivity index (χ4v) is 4.15. The molecule has 4 heteroatoms. The van der Waals surface area contributed by atoms with Gasteiger partial charge in [-0.1, -0.05) is 0 Å². The van der Waals surface area contributed by atoms with E-state index < -0.39 is 0 Å². The lowest BCUT2D eigenvalue weighted by atomic mass is 10.1. The fourth-order valence-electron chi connectivity index (χ4n) is 3.22. The summed E-state index contributed by atoms with van der Waals surface area (Å²) in [6, 6.07) is 0.767. The molecule has 0 radical (unpaired) electrons. The molecule has 2 saturated carbocycles. The quantitative estimate of drug-likeness (QED) is 0.907. The Balaban J connectivity index is 1.56. The summed E-state index contributed by atoms with van der Waals surface area (Å²) in [5.41, 5.74) is 3.86. The van der Waals surface area contributed by atoms with Crippen LogP contribution < -0.4 is 5.32 Å². The first kappa shape index (κ1) is 11.9. The van der Waals surface area contributed by atoms with Crippen LogP contribution in [-0.2, 0) is 6.54 Å². The third-order valence-corrected chi connectivity index (χ3v) is 5.54. The summed E-state index contributed by atoms with van der Waals surface area (Å²) in [6.45, 7) is 5.29. The number of hydrogen-bond acceptors (Lipinski definition) is 3. The Kier molecular flexibility index (Phi) is 2.71. The minimum absolute atomic E-state index is 0.767. The highest BCUT2D eigenvalue weighted by Crippen LogP contribution is 2.44. The van der Waals surface area contributed by atoms with E-state index in [2.05, 4.69) is 33.9 Å². The Hall–Kier alpha value is -0.870. The number of nitrogens with one attached hydrogen (secondary N) is 1. The van der Waals surface area contributed by atoms with Crippen molar-refractivity contribution in [1.29, 1.82) is 0 Å². The SMILES string of the molecule is Cc1nc2scc(C)n2c1CNC(C1CC1)C1CC1. The number of rotatable bonds is 5. The van der Waals surface area contributed by atoms with Crippen molar-refractivity contribution in [3.05, 3.63) is 22.5 Å². The molecule has 2 aromatic heterocycles. The Morgan fingerprint density at radius 2 is 2.00 bits per heavy atom. The van der Waals surface area contributed by atoms with Gasteiger partial charge >= 0.3 is 0 Å². The van der Waals surface area contributed by atoms with E-state index in [-0.39, 0.29) is 0 Å². The van der Waals surface area contributed by atoms with Gasteiger partial charge in [0, 0.05) is 23.7 Å². The smallest absolute Gasteiger partial charge is 0.194 e. The van der Waals surface area contributed by atoms with Crippen molar-refractivity contribution in [2.24, 2.45) is 11.8 Å². The Labute approximate surface area is 118 Å². The van der Waals surface area contributed by atoms with Gasteiger partial charge in [0.15, 0.2) is 4.96 Å². The summed E-state index contributed by atoms with van der Waals surface area (Å²) >= 11 is 1.74. The van der Waals surface area contributed by atoms with E-state index in [1.807, 2.05) is 0 Å². The standard InChI is InChI=1S/C15H21N3S/c1-9-8-19-15-17-10(2)13(18(9)15)7-16-14(11-3-4-11)12-5-6-12/h8,11-12,14,16H,3-7H2,1-2H3. The molecule has 2 aliphatic carbocycles. The van der Waals surface area contributed by atoms with Gasteiger partial charge in [0.1, 0.15) is 0 Å². The van der Waals surface area contributed by atoms with Crippen LogP contribution in [0.2, 0.25) is 0 Å².